The van der Waals surface area contributed by atoms with Crippen molar-refractivity contribution in [1.82, 2.24) is 6.15 Å². The molecule has 0 fully saturated rings. The van der Waals surface area contributed by atoms with Crippen molar-refractivity contribution in [1.29, 1.82) is 0 Å². The molecule has 3 N–H and O–H groups in total. The van der Waals surface area contributed by atoms with Crippen LogP contribution in [0.4, 0.5) is 0 Å². The first-order valence-electron chi connectivity index (χ1n) is 0.667. The molecular formula is H3CaCl2MgNO4S. The van der Waals surface area contributed by atoms with Crippen molar-refractivity contribution in [2.75, 3.05) is 0 Å². The molecule has 0 unspecified atom stereocenters. The van der Waals surface area contributed by atoms with E-state index in [0.717, 1.165) is 0 Å². The maximum Gasteiger partial charge on any atom is 2.00 e. The molecule has 10 heteroatoms. The van der Waals surface area contributed by atoms with Crippen molar-refractivity contribution in [2.45, 2.75) is 0 Å². The molecule has 0 aliphatic carbocycles. The third kappa shape index (κ3) is 157. The van der Waals surface area contributed by atoms with Gasteiger partial charge in [0.05, 0.1) is 0 Å². The van der Waals surface area contributed by atoms with Gasteiger partial charge >= 0.3 is 60.8 Å². The molecule has 0 amide bonds. The van der Waals surface area contributed by atoms with Gasteiger partial charge in [-0.25, -0.2) is 0 Å². The molecule has 0 aromatic rings. The van der Waals surface area contributed by atoms with Crippen molar-refractivity contribution < 1.29 is 42.3 Å². The monoisotopic (exact) mass is 247 g/mol. The van der Waals surface area contributed by atoms with Gasteiger partial charge in [0.2, 0.25) is 0 Å². The second-order valence-corrected chi connectivity index (χ2v) is 1.22. The van der Waals surface area contributed by atoms with Crippen molar-refractivity contribution in [3.05, 3.63) is 0 Å². The number of hydrogen-bond donors (Lipinski definition) is 1. The van der Waals surface area contributed by atoms with Crippen LogP contribution in [0.25, 0.3) is 0 Å². The Labute approximate surface area is 118 Å². The minimum absolute atomic E-state index is 0. The van der Waals surface area contributed by atoms with E-state index in [1.54, 1.807) is 0 Å². The molecule has 0 saturated carbocycles. The van der Waals surface area contributed by atoms with E-state index in [-0.39, 0.29) is 91.8 Å². The van der Waals surface area contributed by atoms with Gasteiger partial charge in [0.15, 0.2) is 0 Å². The Hall–Kier alpha value is 2.44. The Balaban J connectivity index is -0.00000000800. The number of halogens is 2. The van der Waals surface area contributed by atoms with Gasteiger partial charge in [-0.1, -0.05) is 0 Å². The summed E-state index contributed by atoms with van der Waals surface area (Å²) >= 11 is 0. The second-order valence-electron chi connectivity index (χ2n) is 0.408. The smallest absolute Gasteiger partial charge is 1.00 e. The Kier molecular flexibility index (Phi) is 68.7. The van der Waals surface area contributed by atoms with Gasteiger partial charge in [-0.05, 0) is 0 Å². The van der Waals surface area contributed by atoms with Gasteiger partial charge in [0.25, 0.3) is 0 Å². The second kappa shape index (κ2) is 17.5. The fourth-order valence-corrected chi connectivity index (χ4v) is 0. The Morgan fingerprint density at radius 2 is 1.00 bits per heavy atom. The van der Waals surface area contributed by atoms with Crippen LogP contribution in [0.1, 0.15) is 0 Å². The fraction of sp³-hybridized carbons (Fsp3) is 0. The first-order valence-corrected chi connectivity index (χ1v) is 2.00. The van der Waals surface area contributed by atoms with E-state index >= 15 is 0 Å². The molecule has 0 rings (SSSR count). The summed E-state index contributed by atoms with van der Waals surface area (Å²) in [6.07, 6.45) is 0. The predicted octanol–water partition coefficient (Wildman–Crippen LogP) is -7.93. The summed E-state index contributed by atoms with van der Waals surface area (Å²) in [6, 6.07) is 0. The maximum absolute atomic E-state index is 8.52. The van der Waals surface area contributed by atoms with Crippen LogP contribution in [0, 0.1) is 0 Å². The van der Waals surface area contributed by atoms with Gasteiger partial charge in [-0.15, -0.1) is 0 Å². The van der Waals surface area contributed by atoms with Gasteiger partial charge in [-0.2, -0.15) is 0 Å². The van der Waals surface area contributed by atoms with E-state index in [1.165, 1.54) is 0 Å². The molecule has 0 atom stereocenters. The van der Waals surface area contributed by atoms with Crippen LogP contribution < -0.4 is 31.0 Å². The van der Waals surface area contributed by atoms with Crippen molar-refractivity contribution in [3.8, 4) is 0 Å². The molecule has 56 valence electrons. The zero-order chi connectivity index (χ0) is 4.50. The van der Waals surface area contributed by atoms with E-state index in [2.05, 4.69) is 0 Å². The molecule has 0 spiro atoms. The van der Waals surface area contributed by atoms with Crippen LogP contribution in [-0.4, -0.2) is 78.3 Å². The minimum atomic E-state index is -5.17. The number of hydrogen-bond acceptors (Lipinski definition) is 5. The largest absolute Gasteiger partial charge is 2.00 e. The first kappa shape index (κ1) is 39.3. The van der Waals surface area contributed by atoms with Gasteiger partial charge in [0, 0.05) is 10.4 Å². The number of rotatable bonds is 0. The standard InChI is InChI=1S/Ca.2ClH.Mg.H3N.H2O4S/c;;;;;1-5(2,3)4/h;2*1H;;1H3;(H2,1,2,3,4)/q+2;;;+2;;/p-4. The van der Waals surface area contributed by atoms with Crippen LogP contribution in [-0.2, 0) is 10.4 Å². The predicted molar refractivity (Wildman–Crippen MR) is 27.0 cm³/mol. The third-order valence-electron chi connectivity index (χ3n) is 0. The summed E-state index contributed by atoms with van der Waals surface area (Å²) in [6.45, 7) is 0. The summed E-state index contributed by atoms with van der Waals surface area (Å²) in [5, 5.41) is 0. The summed E-state index contributed by atoms with van der Waals surface area (Å²) in [5.41, 5.74) is 0. The normalized spacial score (nSPS) is 5.80. The summed E-state index contributed by atoms with van der Waals surface area (Å²) in [5.74, 6) is 0. The van der Waals surface area contributed by atoms with E-state index < -0.39 is 10.4 Å². The van der Waals surface area contributed by atoms with Crippen LogP contribution in [0.5, 0.6) is 0 Å². The summed E-state index contributed by atoms with van der Waals surface area (Å²) < 4.78 is 34.1. The Bertz CT molecular complexity index is 106. The first-order chi connectivity index (χ1) is 2.00. The summed E-state index contributed by atoms with van der Waals surface area (Å²) in [7, 11) is -5.17. The van der Waals surface area contributed by atoms with Crippen LogP contribution in [0.15, 0.2) is 0 Å². The van der Waals surface area contributed by atoms with E-state index in [1.807, 2.05) is 0 Å². The van der Waals surface area contributed by atoms with E-state index in [9.17, 15) is 0 Å². The zero-order valence-corrected chi connectivity index (χ0v) is 10.9. The van der Waals surface area contributed by atoms with Crippen LogP contribution in [0.3, 0.4) is 0 Å². The fourth-order valence-electron chi connectivity index (χ4n) is 0. The SMILES string of the molecule is N.O=S(=O)([O-])[O-].[Ca+2].[Cl-].[Cl-].[Mg+2]. The van der Waals surface area contributed by atoms with Crippen molar-refractivity contribution in [2.24, 2.45) is 0 Å². The van der Waals surface area contributed by atoms with Gasteiger partial charge in [0.1, 0.15) is 0 Å². The quantitative estimate of drug-likeness (QED) is 0.260. The van der Waals surface area contributed by atoms with Gasteiger partial charge < -0.3 is 40.1 Å². The molecule has 5 nitrogen and oxygen atoms in total. The van der Waals surface area contributed by atoms with Crippen molar-refractivity contribution in [3.63, 3.8) is 0 Å². The van der Waals surface area contributed by atoms with Crippen LogP contribution in [0.2, 0.25) is 0 Å². The third-order valence-corrected chi connectivity index (χ3v) is 0. The molecule has 0 heterocycles. The molecule has 0 aromatic heterocycles. The molecule has 0 aliphatic heterocycles. The molecule has 10 heavy (non-hydrogen) atoms. The average molecular weight is 248 g/mol. The molecule has 0 aliphatic rings. The molecular weight excluding hydrogens is 245 g/mol. The van der Waals surface area contributed by atoms with E-state index in [4.69, 9.17) is 17.5 Å². The topological polar surface area (TPSA) is 115 Å². The summed E-state index contributed by atoms with van der Waals surface area (Å²) in [4.78, 5) is 0. The maximum atomic E-state index is 8.52. The average Bonchev–Trinajstić information content (AvgIpc) is 0.722. The van der Waals surface area contributed by atoms with Crippen LogP contribution >= 0.6 is 0 Å². The molecule has 0 aromatic carbocycles. The van der Waals surface area contributed by atoms with E-state index in [0.29, 0.717) is 0 Å². The van der Waals surface area contributed by atoms with Crippen molar-refractivity contribution >= 4 is 71.2 Å². The van der Waals surface area contributed by atoms with Gasteiger partial charge in [-0.3, -0.25) is 8.42 Å². The Morgan fingerprint density at radius 1 is 1.00 bits per heavy atom. The Morgan fingerprint density at radius 3 is 1.00 bits per heavy atom. The molecule has 0 saturated heterocycles. The molecule has 0 bridgehead atoms. The molecule has 0 radical (unpaired) electrons. The minimum Gasteiger partial charge on any atom is -1.00 e. The zero-order valence-electron chi connectivity index (χ0n) is 4.92.